The molecular formula is C13H17NO3. The zero-order valence-corrected chi connectivity index (χ0v) is 9.85. The van der Waals surface area contributed by atoms with E-state index >= 15 is 0 Å². The van der Waals surface area contributed by atoms with Crippen LogP contribution in [0.25, 0.3) is 0 Å². The predicted molar refractivity (Wildman–Crippen MR) is 66.4 cm³/mol. The Morgan fingerprint density at radius 1 is 1.53 bits per heavy atom. The highest BCUT2D eigenvalue weighted by Crippen LogP contribution is 2.28. The van der Waals surface area contributed by atoms with Gasteiger partial charge in [0.15, 0.2) is 11.5 Å². The van der Waals surface area contributed by atoms with Crippen LogP contribution in [-0.4, -0.2) is 24.9 Å². The van der Waals surface area contributed by atoms with Crippen LogP contribution in [0.1, 0.15) is 12.8 Å². The van der Waals surface area contributed by atoms with Gasteiger partial charge in [-0.25, -0.2) is 0 Å². The van der Waals surface area contributed by atoms with Crippen molar-refractivity contribution in [2.24, 2.45) is 0 Å². The summed E-state index contributed by atoms with van der Waals surface area (Å²) >= 11 is 0. The van der Waals surface area contributed by atoms with E-state index in [0.717, 1.165) is 25.1 Å². The Kier molecular flexibility index (Phi) is 3.75. The van der Waals surface area contributed by atoms with E-state index in [1.165, 1.54) is 7.11 Å². The van der Waals surface area contributed by atoms with Gasteiger partial charge in [-0.3, -0.25) is 0 Å². The largest absolute Gasteiger partial charge is 0.504 e. The predicted octanol–water partition coefficient (Wildman–Crippen LogP) is 2.51. The van der Waals surface area contributed by atoms with E-state index in [1.54, 1.807) is 18.4 Å². The van der Waals surface area contributed by atoms with Crippen molar-refractivity contribution in [2.45, 2.75) is 18.9 Å². The van der Waals surface area contributed by atoms with E-state index in [1.807, 2.05) is 12.1 Å². The van der Waals surface area contributed by atoms with Gasteiger partial charge in [0.25, 0.3) is 0 Å². The van der Waals surface area contributed by atoms with Gasteiger partial charge in [-0.2, -0.15) is 0 Å². The molecule has 1 aliphatic heterocycles. The van der Waals surface area contributed by atoms with Crippen LogP contribution in [0.5, 0.6) is 11.5 Å². The number of rotatable bonds is 4. The van der Waals surface area contributed by atoms with Gasteiger partial charge in [-0.15, -0.1) is 0 Å². The Morgan fingerprint density at radius 2 is 2.41 bits per heavy atom. The second-order valence-corrected chi connectivity index (χ2v) is 3.97. The first-order chi connectivity index (χ1) is 8.29. The molecule has 1 unspecified atom stereocenters. The molecule has 0 bridgehead atoms. The third kappa shape index (κ3) is 3.06. The van der Waals surface area contributed by atoms with Crippen molar-refractivity contribution in [1.29, 1.82) is 0 Å². The van der Waals surface area contributed by atoms with Gasteiger partial charge in [0.1, 0.15) is 6.10 Å². The summed E-state index contributed by atoms with van der Waals surface area (Å²) in [6.45, 7) is 0.732. The standard InChI is InChI=1S/C13H17NO3/c1-16-13-6-5-10(8-12(13)15)14-9-11-4-2-3-7-17-11/h3,5-8,11,14-15H,2,4,9H2,1H3. The molecular weight excluding hydrogens is 218 g/mol. The lowest BCUT2D eigenvalue weighted by molar-refractivity contribution is 0.135. The highest BCUT2D eigenvalue weighted by atomic mass is 16.5. The molecule has 4 heteroatoms. The lowest BCUT2D eigenvalue weighted by Crippen LogP contribution is -2.22. The second kappa shape index (κ2) is 5.48. The Hall–Kier alpha value is -1.84. The summed E-state index contributed by atoms with van der Waals surface area (Å²) in [7, 11) is 1.53. The van der Waals surface area contributed by atoms with E-state index in [2.05, 4.69) is 5.32 Å². The van der Waals surface area contributed by atoms with E-state index in [9.17, 15) is 5.11 Å². The van der Waals surface area contributed by atoms with Gasteiger partial charge in [0.05, 0.1) is 19.9 Å². The van der Waals surface area contributed by atoms with Crippen LogP contribution in [0.2, 0.25) is 0 Å². The average molecular weight is 235 g/mol. The Morgan fingerprint density at radius 3 is 3.06 bits per heavy atom. The molecule has 2 rings (SSSR count). The maximum absolute atomic E-state index is 9.62. The number of phenolic OH excluding ortho intramolecular Hbond substituents is 1. The molecule has 92 valence electrons. The molecule has 0 fully saturated rings. The van der Waals surface area contributed by atoms with E-state index in [4.69, 9.17) is 9.47 Å². The number of allylic oxidation sites excluding steroid dienone is 1. The average Bonchev–Trinajstić information content (AvgIpc) is 2.38. The summed E-state index contributed by atoms with van der Waals surface area (Å²) in [5.74, 6) is 0.620. The normalized spacial score (nSPS) is 18.5. The zero-order chi connectivity index (χ0) is 12.1. The lowest BCUT2D eigenvalue weighted by atomic mass is 10.1. The molecule has 1 aromatic rings. The topological polar surface area (TPSA) is 50.7 Å². The number of ether oxygens (including phenoxy) is 2. The van der Waals surface area contributed by atoms with Crippen LogP contribution in [0, 0.1) is 0 Å². The van der Waals surface area contributed by atoms with Gasteiger partial charge in [-0.05, 0) is 31.1 Å². The summed E-state index contributed by atoms with van der Waals surface area (Å²) in [4.78, 5) is 0. The molecule has 0 radical (unpaired) electrons. The van der Waals surface area contributed by atoms with Crippen LogP contribution in [-0.2, 0) is 4.74 Å². The molecule has 0 saturated heterocycles. The van der Waals surface area contributed by atoms with Crippen molar-refractivity contribution in [2.75, 3.05) is 19.0 Å². The SMILES string of the molecule is COc1ccc(NCC2CCC=CO2)cc1O. The van der Waals surface area contributed by atoms with Crippen LogP contribution >= 0.6 is 0 Å². The molecule has 2 N–H and O–H groups in total. The first-order valence-electron chi connectivity index (χ1n) is 5.71. The smallest absolute Gasteiger partial charge is 0.160 e. The maximum Gasteiger partial charge on any atom is 0.160 e. The van der Waals surface area contributed by atoms with Gasteiger partial charge >= 0.3 is 0 Å². The first kappa shape index (κ1) is 11.6. The van der Waals surface area contributed by atoms with Crippen LogP contribution < -0.4 is 10.1 Å². The van der Waals surface area contributed by atoms with Gasteiger partial charge in [0.2, 0.25) is 0 Å². The number of benzene rings is 1. The Labute approximate surface area is 101 Å². The molecule has 1 aromatic carbocycles. The van der Waals surface area contributed by atoms with Crippen molar-refractivity contribution in [1.82, 2.24) is 0 Å². The number of hydrogen-bond donors (Lipinski definition) is 2. The minimum absolute atomic E-state index is 0.141. The third-order valence-corrected chi connectivity index (χ3v) is 2.74. The molecule has 0 amide bonds. The summed E-state index contributed by atoms with van der Waals surface area (Å²) in [6, 6.07) is 5.26. The summed E-state index contributed by atoms with van der Waals surface area (Å²) < 4.78 is 10.4. The maximum atomic E-state index is 9.62. The van der Waals surface area contributed by atoms with Crippen molar-refractivity contribution >= 4 is 5.69 Å². The number of nitrogens with one attached hydrogen (secondary N) is 1. The lowest BCUT2D eigenvalue weighted by Gasteiger charge is -2.20. The van der Waals surface area contributed by atoms with Crippen molar-refractivity contribution in [3.05, 3.63) is 30.5 Å². The van der Waals surface area contributed by atoms with E-state index < -0.39 is 0 Å². The summed E-state index contributed by atoms with van der Waals surface area (Å²) in [5.41, 5.74) is 0.862. The van der Waals surface area contributed by atoms with Crippen molar-refractivity contribution in [3.8, 4) is 11.5 Å². The third-order valence-electron chi connectivity index (χ3n) is 2.74. The molecule has 0 aromatic heterocycles. The number of phenols is 1. The van der Waals surface area contributed by atoms with E-state index in [-0.39, 0.29) is 11.9 Å². The monoisotopic (exact) mass is 235 g/mol. The van der Waals surface area contributed by atoms with Gasteiger partial charge < -0.3 is 19.9 Å². The highest BCUT2D eigenvalue weighted by molar-refractivity contribution is 5.54. The van der Waals surface area contributed by atoms with Crippen molar-refractivity contribution in [3.63, 3.8) is 0 Å². The quantitative estimate of drug-likeness (QED) is 0.842. The number of aromatic hydroxyl groups is 1. The highest BCUT2D eigenvalue weighted by Gasteiger charge is 2.10. The minimum Gasteiger partial charge on any atom is -0.504 e. The second-order valence-electron chi connectivity index (χ2n) is 3.97. The fourth-order valence-electron chi connectivity index (χ4n) is 1.77. The van der Waals surface area contributed by atoms with Crippen LogP contribution in [0.15, 0.2) is 30.5 Å². The van der Waals surface area contributed by atoms with E-state index in [0.29, 0.717) is 5.75 Å². The Balaban J connectivity index is 1.90. The minimum atomic E-state index is 0.141. The van der Waals surface area contributed by atoms with Crippen LogP contribution in [0.3, 0.4) is 0 Å². The number of anilines is 1. The van der Waals surface area contributed by atoms with Gasteiger partial charge in [-0.1, -0.05) is 0 Å². The molecule has 0 saturated carbocycles. The van der Waals surface area contributed by atoms with Gasteiger partial charge in [0, 0.05) is 11.8 Å². The fourth-order valence-corrected chi connectivity index (χ4v) is 1.77. The molecule has 1 heterocycles. The number of methoxy groups -OCH3 is 1. The van der Waals surface area contributed by atoms with Crippen LogP contribution in [0.4, 0.5) is 5.69 Å². The van der Waals surface area contributed by atoms with Crippen molar-refractivity contribution < 1.29 is 14.6 Å². The molecule has 0 spiro atoms. The first-order valence-corrected chi connectivity index (χ1v) is 5.71. The molecule has 4 nitrogen and oxygen atoms in total. The summed E-state index contributed by atoms with van der Waals surface area (Å²) in [5, 5.41) is 12.9. The Bertz CT molecular complexity index is 404. The molecule has 17 heavy (non-hydrogen) atoms. The molecule has 1 aliphatic rings. The fraction of sp³-hybridized carbons (Fsp3) is 0.385. The summed E-state index contributed by atoms with van der Waals surface area (Å²) in [6.07, 6.45) is 6.05. The molecule has 0 aliphatic carbocycles. The number of hydrogen-bond acceptors (Lipinski definition) is 4. The zero-order valence-electron chi connectivity index (χ0n) is 9.85. The molecule has 1 atom stereocenters.